The van der Waals surface area contributed by atoms with E-state index in [9.17, 15) is 0 Å². The van der Waals surface area contributed by atoms with Crippen molar-refractivity contribution >= 4 is 70.9 Å². The standard InChI is InChI=1S/C62H41N/c1-2-14-42(15-3-1)54-25-10-18-47-19-11-28-60(62(47)54)59-22-8-9-29-61(59)63(48-36-30-45(31-37-48)52-23-12-26-55-50-20-6-4-16-43(50)34-40-57(52)55)49-38-32-46(33-39-49)53-24-13-27-56-51-21-7-5-17-44(51)35-41-58(53)56/h1-41H. The molecule has 12 aromatic rings. The fourth-order valence-corrected chi connectivity index (χ4v) is 9.91. The van der Waals surface area contributed by atoms with Crippen LogP contribution in [0.25, 0.3) is 98.4 Å². The molecule has 0 spiro atoms. The maximum atomic E-state index is 2.43. The van der Waals surface area contributed by atoms with Crippen LogP contribution >= 0.6 is 0 Å². The van der Waals surface area contributed by atoms with E-state index in [2.05, 4.69) is 254 Å². The number of hydrogen-bond acceptors (Lipinski definition) is 1. The van der Waals surface area contributed by atoms with Crippen molar-refractivity contribution in [1.82, 2.24) is 0 Å². The molecule has 1 heteroatoms. The lowest BCUT2D eigenvalue weighted by atomic mass is 9.90. The fourth-order valence-electron chi connectivity index (χ4n) is 9.91. The van der Waals surface area contributed by atoms with Gasteiger partial charge in [0.25, 0.3) is 0 Å². The first-order chi connectivity index (χ1) is 31.3. The summed E-state index contributed by atoms with van der Waals surface area (Å²) in [6, 6.07) is 91.0. The second-order valence-corrected chi connectivity index (χ2v) is 16.4. The minimum atomic E-state index is 1.09. The first-order valence-electron chi connectivity index (χ1n) is 21.8. The third-order valence-electron chi connectivity index (χ3n) is 12.9. The van der Waals surface area contributed by atoms with E-state index in [1.165, 1.54) is 98.4 Å². The highest BCUT2D eigenvalue weighted by atomic mass is 15.1. The van der Waals surface area contributed by atoms with Crippen LogP contribution < -0.4 is 4.90 Å². The maximum absolute atomic E-state index is 2.43. The molecule has 0 heterocycles. The Morgan fingerprint density at radius 2 is 0.619 bits per heavy atom. The molecule has 0 saturated carbocycles. The highest BCUT2D eigenvalue weighted by Crippen LogP contribution is 2.46. The van der Waals surface area contributed by atoms with E-state index in [4.69, 9.17) is 0 Å². The van der Waals surface area contributed by atoms with Gasteiger partial charge in [0, 0.05) is 16.9 Å². The molecule has 0 radical (unpaired) electrons. The van der Waals surface area contributed by atoms with Gasteiger partial charge < -0.3 is 4.90 Å². The fraction of sp³-hybridized carbons (Fsp3) is 0. The van der Waals surface area contributed by atoms with Crippen LogP contribution in [-0.2, 0) is 0 Å². The SMILES string of the molecule is c1ccc(-c2cccc3cccc(-c4ccccc4N(c4ccc(-c5cccc6c5ccc5ccccc56)cc4)c4ccc(-c5cccc6c5ccc5ccccc56)cc4)c23)cc1. The Balaban J connectivity index is 1.03. The van der Waals surface area contributed by atoms with Crippen molar-refractivity contribution in [2.45, 2.75) is 0 Å². The molecule has 0 unspecified atom stereocenters. The molecule has 0 N–H and O–H groups in total. The lowest BCUT2D eigenvalue weighted by molar-refractivity contribution is 1.28. The van der Waals surface area contributed by atoms with Crippen LogP contribution in [0.15, 0.2) is 249 Å². The second-order valence-electron chi connectivity index (χ2n) is 16.4. The molecule has 0 atom stereocenters. The molecule has 63 heavy (non-hydrogen) atoms. The molecular formula is C62H41N. The molecule has 0 bridgehead atoms. The van der Waals surface area contributed by atoms with Gasteiger partial charge in [0.05, 0.1) is 5.69 Å². The first kappa shape index (κ1) is 36.6. The summed E-state index contributed by atoms with van der Waals surface area (Å²) in [5.41, 5.74) is 12.9. The highest BCUT2D eigenvalue weighted by Gasteiger charge is 2.20. The van der Waals surface area contributed by atoms with Crippen LogP contribution in [0.3, 0.4) is 0 Å². The van der Waals surface area contributed by atoms with E-state index in [1.54, 1.807) is 0 Å². The number of para-hydroxylation sites is 1. The minimum Gasteiger partial charge on any atom is -0.310 e. The Bertz CT molecular complexity index is 3490. The second kappa shape index (κ2) is 15.3. The van der Waals surface area contributed by atoms with E-state index < -0.39 is 0 Å². The minimum absolute atomic E-state index is 1.09. The van der Waals surface area contributed by atoms with Crippen LogP contribution in [0.5, 0.6) is 0 Å². The summed E-state index contributed by atoms with van der Waals surface area (Å²) in [6.45, 7) is 0. The van der Waals surface area contributed by atoms with E-state index >= 15 is 0 Å². The lowest BCUT2D eigenvalue weighted by Gasteiger charge is -2.29. The molecule has 0 aliphatic heterocycles. The lowest BCUT2D eigenvalue weighted by Crippen LogP contribution is -2.11. The Kier molecular flexibility index (Phi) is 8.90. The van der Waals surface area contributed by atoms with Crippen LogP contribution in [0.2, 0.25) is 0 Å². The Labute approximate surface area is 367 Å². The summed E-state index contributed by atoms with van der Waals surface area (Å²) < 4.78 is 0. The molecule has 12 aromatic carbocycles. The number of anilines is 3. The third-order valence-corrected chi connectivity index (χ3v) is 12.9. The predicted molar refractivity (Wildman–Crippen MR) is 270 cm³/mol. The molecule has 0 aromatic heterocycles. The van der Waals surface area contributed by atoms with Crippen LogP contribution in [0.1, 0.15) is 0 Å². The quantitative estimate of drug-likeness (QED) is 0.145. The Hall–Kier alpha value is -8.26. The van der Waals surface area contributed by atoms with Crippen molar-refractivity contribution in [3.8, 4) is 44.5 Å². The van der Waals surface area contributed by atoms with Crippen LogP contribution in [-0.4, -0.2) is 0 Å². The summed E-state index contributed by atoms with van der Waals surface area (Å²) in [5.74, 6) is 0. The van der Waals surface area contributed by atoms with Gasteiger partial charge in [-0.05, 0) is 123 Å². The number of fused-ring (bicyclic) bond motifs is 7. The molecular weight excluding hydrogens is 759 g/mol. The van der Waals surface area contributed by atoms with Gasteiger partial charge in [-0.2, -0.15) is 0 Å². The number of hydrogen-bond donors (Lipinski definition) is 0. The predicted octanol–water partition coefficient (Wildman–Crippen LogP) is 17.6. The Morgan fingerprint density at radius 1 is 0.206 bits per heavy atom. The van der Waals surface area contributed by atoms with Crippen molar-refractivity contribution in [3.05, 3.63) is 249 Å². The van der Waals surface area contributed by atoms with E-state index in [-0.39, 0.29) is 0 Å². The molecule has 0 amide bonds. The molecule has 0 fully saturated rings. The zero-order valence-electron chi connectivity index (χ0n) is 34.6. The molecule has 12 rings (SSSR count). The highest BCUT2D eigenvalue weighted by molar-refractivity contribution is 6.14. The van der Waals surface area contributed by atoms with Gasteiger partial charge in [-0.15, -0.1) is 0 Å². The van der Waals surface area contributed by atoms with Gasteiger partial charge >= 0.3 is 0 Å². The zero-order chi connectivity index (χ0) is 41.7. The normalized spacial score (nSPS) is 11.5. The number of rotatable bonds is 7. The summed E-state index contributed by atoms with van der Waals surface area (Å²) >= 11 is 0. The van der Waals surface area contributed by atoms with Crippen molar-refractivity contribution in [3.63, 3.8) is 0 Å². The van der Waals surface area contributed by atoms with Gasteiger partial charge in [0.1, 0.15) is 0 Å². The summed E-state index contributed by atoms with van der Waals surface area (Å²) in [4.78, 5) is 2.43. The van der Waals surface area contributed by atoms with Gasteiger partial charge in [-0.25, -0.2) is 0 Å². The summed E-state index contributed by atoms with van der Waals surface area (Å²) in [5, 5.41) is 12.6. The molecule has 1 nitrogen and oxygen atoms in total. The monoisotopic (exact) mass is 799 g/mol. The van der Waals surface area contributed by atoms with Gasteiger partial charge in [-0.3, -0.25) is 0 Å². The van der Waals surface area contributed by atoms with E-state index in [0.29, 0.717) is 0 Å². The Morgan fingerprint density at radius 3 is 1.21 bits per heavy atom. The van der Waals surface area contributed by atoms with Crippen molar-refractivity contribution in [2.24, 2.45) is 0 Å². The average Bonchev–Trinajstić information content (AvgIpc) is 3.36. The van der Waals surface area contributed by atoms with Crippen molar-refractivity contribution in [2.75, 3.05) is 4.90 Å². The largest absolute Gasteiger partial charge is 0.310 e. The van der Waals surface area contributed by atoms with Gasteiger partial charge in [0.2, 0.25) is 0 Å². The van der Waals surface area contributed by atoms with Crippen molar-refractivity contribution < 1.29 is 0 Å². The van der Waals surface area contributed by atoms with Crippen LogP contribution in [0.4, 0.5) is 17.1 Å². The topological polar surface area (TPSA) is 3.24 Å². The zero-order valence-corrected chi connectivity index (χ0v) is 34.6. The van der Waals surface area contributed by atoms with Crippen LogP contribution in [0, 0.1) is 0 Å². The third kappa shape index (κ3) is 6.33. The first-order valence-corrected chi connectivity index (χ1v) is 21.8. The number of nitrogens with zero attached hydrogens (tertiary/aromatic N) is 1. The van der Waals surface area contributed by atoms with Gasteiger partial charge in [0.15, 0.2) is 0 Å². The summed E-state index contributed by atoms with van der Waals surface area (Å²) in [6.07, 6.45) is 0. The van der Waals surface area contributed by atoms with E-state index in [1.807, 2.05) is 0 Å². The smallest absolute Gasteiger partial charge is 0.0540 e. The number of benzene rings is 12. The molecule has 0 aliphatic rings. The van der Waals surface area contributed by atoms with E-state index in [0.717, 1.165) is 17.1 Å². The maximum Gasteiger partial charge on any atom is 0.0540 e. The molecule has 294 valence electrons. The summed E-state index contributed by atoms with van der Waals surface area (Å²) in [7, 11) is 0. The average molecular weight is 800 g/mol. The van der Waals surface area contributed by atoms with Crippen molar-refractivity contribution in [1.29, 1.82) is 0 Å². The molecule has 0 aliphatic carbocycles. The molecule has 0 saturated heterocycles. The van der Waals surface area contributed by atoms with Gasteiger partial charge in [-0.1, -0.05) is 218 Å².